The van der Waals surface area contributed by atoms with E-state index in [1.54, 1.807) is 12.3 Å². The number of benzene rings is 1. The van der Waals surface area contributed by atoms with E-state index >= 15 is 0 Å². The van der Waals surface area contributed by atoms with Gasteiger partial charge in [0.05, 0.1) is 23.3 Å². The Hall–Kier alpha value is -2.84. The van der Waals surface area contributed by atoms with Crippen molar-refractivity contribution in [2.45, 2.75) is 36.7 Å². The van der Waals surface area contributed by atoms with Gasteiger partial charge in [0, 0.05) is 32.7 Å². The van der Waals surface area contributed by atoms with Crippen LogP contribution in [-0.2, 0) is 22.1 Å². The summed E-state index contributed by atoms with van der Waals surface area (Å²) in [5, 5.41) is -0.0182. The second-order valence-corrected chi connectivity index (χ2v) is 10.2. The molecule has 1 atom stereocenters. The van der Waals surface area contributed by atoms with Crippen molar-refractivity contribution in [2.24, 2.45) is 0 Å². The molecule has 1 aromatic carbocycles. The summed E-state index contributed by atoms with van der Waals surface area (Å²) in [7, 11) is -1.69. The second-order valence-electron chi connectivity index (χ2n) is 8.29. The predicted octanol–water partition coefficient (Wildman–Crippen LogP) is 3.61. The zero-order valence-electron chi connectivity index (χ0n) is 18.3. The molecule has 1 aliphatic heterocycles. The molecule has 1 aliphatic rings. The summed E-state index contributed by atoms with van der Waals surface area (Å²) in [6, 6.07) is 16.5. The van der Waals surface area contributed by atoms with Gasteiger partial charge >= 0.3 is 0 Å². The minimum atomic E-state index is -3.72. The van der Waals surface area contributed by atoms with Gasteiger partial charge in [0.25, 0.3) is 0 Å². The predicted molar refractivity (Wildman–Crippen MR) is 123 cm³/mol. The Balaban J connectivity index is 1.44. The van der Waals surface area contributed by atoms with E-state index in [0.29, 0.717) is 6.04 Å². The largest absolute Gasteiger partial charge is 0.369 e. The number of hydrogen-bond donors (Lipinski definition) is 0. The smallest absolute Gasteiger partial charge is 0.213 e. The van der Waals surface area contributed by atoms with Gasteiger partial charge in [-0.2, -0.15) is 4.39 Å². The zero-order chi connectivity index (χ0) is 22.7. The fraction of sp³-hybridized carbons (Fsp3) is 0.333. The first-order valence-corrected chi connectivity index (χ1v) is 12.3. The Kier molecular flexibility index (Phi) is 6.53. The minimum absolute atomic E-state index is 0.0182. The first kappa shape index (κ1) is 22.4. The molecule has 0 radical (unpaired) electrons. The molecule has 1 saturated heterocycles. The number of sulfone groups is 1. The summed E-state index contributed by atoms with van der Waals surface area (Å²) in [5.74, 6) is -1.08. The van der Waals surface area contributed by atoms with E-state index in [4.69, 9.17) is 0 Å². The molecule has 0 aliphatic carbocycles. The van der Waals surface area contributed by atoms with E-state index in [-0.39, 0.29) is 16.5 Å². The van der Waals surface area contributed by atoms with Crippen molar-refractivity contribution in [3.05, 3.63) is 83.6 Å². The van der Waals surface area contributed by atoms with Crippen LogP contribution in [0.2, 0.25) is 0 Å². The van der Waals surface area contributed by atoms with Crippen LogP contribution >= 0.6 is 0 Å². The monoisotopic (exact) mass is 454 g/mol. The molecule has 0 N–H and O–H groups in total. The fourth-order valence-corrected chi connectivity index (χ4v) is 5.44. The molecule has 1 fully saturated rings. The molecule has 6 nitrogen and oxygen atoms in total. The maximum absolute atomic E-state index is 13.3. The number of nitrogens with zero attached hydrogens (tertiary/aromatic N) is 4. The molecule has 2 aromatic heterocycles. The van der Waals surface area contributed by atoms with Crippen LogP contribution in [0.3, 0.4) is 0 Å². The topological polar surface area (TPSA) is 66.4 Å². The van der Waals surface area contributed by atoms with Crippen molar-refractivity contribution < 1.29 is 12.8 Å². The van der Waals surface area contributed by atoms with Crippen molar-refractivity contribution >= 4 is 15.5 Å². The van der Waals surface area contributed by atoms with Crippen molar-refractivity contribution in [3.63, 3.8) is 0 Å². The van der Waals surface area contributed by atoms with Crippen molar-refractivity contribution in [2.75, 3.05) is 25.0 Å². The minimum Gasteiger partial charge on any atom is -0.369 e. The lowest BCUT2D eigenvalue weighted by Gasteiger charge is -2.28. The van der Waals surface area contributed by atoms with Crippen LogP contribution in [-0.4, -0.2) is 49.5 Å². The number of likely N-dealkylation sites (tertiary alicyclic amines) is 1. The van der Waals surface area contributed by atoms with Gasteiger partial charge in [0.2, 0.25) is 15.8 Å². The van der Waals surface area contributed by atoms with Crippen LogP contribution in [0.1, 0.15) is 23.2 Å². The molecule has 168 valence electrons. The third-order valence-electron chi connectivity index (χ3n) is 5.91. The molecule has 0 bridgehead atoms. The highest BCUT2D eigenvalue weighted by Gasteiger charge is 2.27. The molecule has 32 heavy (non-hydrogen) atoms. The third-order valence-corrected chi connectivity index (χ3v) is 7.45. The molecule has 0 spiro atoms. The molecule has 0 saturated carbocycles. The molecule has 4 rings (SSSR count). The second kappa shape index (κ2) is 9.34. The van der Waals surface area contributed by atoms with E-state index in [0.717, 1.165) is 37.3 Å². The first-order valence-electron chi connectivity index (χ1n) is 10.6. The standard InChI is InChI=1S/C24H27FN4O2S/c1-18-13-24(32(30,31)17-20-9-6-10-23(25)27-20)26-14-22(18)28(2)21-11-12-29(16-21)15-19-7-4-3-5-8-19/h3-10,13-14,21H,11-12,15-17H2,1-2H3/t21-/m0/s1. The molecule has 8 heteroatoms. The Bertz CT molecular complexity index is 1190. The van der Waals surface area contributed by atoms with Gasteiger partial charge in [0.1, 0.15) is 0 Å². The maximum atomic E-state index is 13.3. The van der Waals surface area contributed by atoms with Crippen LogP contribution in [0, 0.1) is 12.9 Å². The fourth-order valence-electron chi connectivity index (χ4n) is 4.17. The summed E-state index contributed by atoms with van der Waals surface area (Å²) in [6.45, 7) is 4.77. The van der Waals surface area contributed by atoms with Crippen LogP contribution in [0.25, 0.3) is 0 Å². The summed E-state index contributed by atoms with van der Waals surface area (Å²) in [6.07, 6.45) is 2.66. The van der Waals surface area contributed by atoms with Gasteiger partial charge in [0.15, 0.2) is 5.03 Å². The quantitative estimate of drug-likeness (QED) is 0.508. The van der Waals surface area contributed by atoms with E-state index in [9.17, 15) is 12.8 Å². The summed E-state index contributed by atoms with van der Waals surface area (Å²) >= 11 is 0. The Morgan fingerprint density at radius 1 is 1.16 bits per heavy atom. The van der Waals surface area contributed by atoms with Crippen LogP contribution in [0.15, 0.2) is 65.8 Å². The first-order chi connectivity index (χ1) is 15.3. The summed E-state index contributed by atoms with van der Waals surface area (Å²) in [4.78, 5) is 12.5. The number of rotatable bonds is 7. The van der Waals surface area contributed by atoms with Gasteiger partial charge in [-0.3, -0.25) is 4.90 Å². The van der Waals surface area contributed by atoms with Gasteiger partial charge in [-0.15, -0.1) is 0 Å². The van der Waals surface area contributed by atoms with Gasteiger partial charge < -0.3 is 4.90 Å². The summed E-state index contributed by atoms with van der Waals surface area (Å²) in [5.41, 5.74) is 3.22. The van der Waals surface area contributed by atoms with Gasteiger partial charge in [-0.1, -0.05) is 36.4 Å². The highest BCUT2D eigenvalue weighted by atomic mass is 32.2. The maximum Gasteiger partial charge on any atom is 0.213 e. The number of halogens is 1. The van der Waals surface area contributed by atoms with Gasteiger partial charge in [-0.05, 0) is 42.7 Å². The third kappa shape index (κ3) is 5.14. The number of aryl methyl sites for hydroxylation is 1. The average Bonchev–Trinajstić information content (AvgIpc) is 3.22. The van der Waals surface area contributed by atoms with Crippen molar-refractivity contribution in [3.8, 4) is 0 Å². The van der Waals surface area contributed by atoms with Crippen molar-refractivity contribution in [1.29, 1.82) is 0 Å². The molecule has 0 amide bonds. The van der Waals surface area contributed by atoms with Crippen molar-refractivity contribution in [1.82, 2.24) is 14.9 Å². The lowest BCUT2D eigenvalue weighted by molar-refractivity contribution is 0.326. The lowest BCUT2D eigenvalue weighted by atomic mass is 10.1. The Morgan fingerprint density at radius 2 is 1.94 bits per heavy atom. The number of aromatic nitrogens is 2. The Morgan fingerprint density at radius 3 is 2.66 bits per heavy atom. The van der Waals surface area contributed by atoms with E-state index in [2.05, 4.69) is 44.0 Å². The summed E-state index contributed by atoms with van der Waals surface area (Å²) < 4.78 is 38.9. The molecule has 3 aromatic rings. The molecular formula is C24H27FN4O2S. The van der Waals surface area contributed by atoms with E-state index in [1.807, 2.05) is 20.0 Å². The number of pyridine rings is 2. The van der Waals surface area contributed by atoms with Crippen LogP contribution in [0.5, 0.6) is 0 Å². The highest BCUT2D eigenvalue weighted by Crippen LogP contribution is 2.27. The zero-order valence-corrected chi connectivity index (χ0v) is 19.1. The van der Waals surface area contributed by atoms with Crippen LogP contribution in [0.4, 0.5) is 10.1 Å². The average molecular weight is 455 g/mol. The molecule has 3 heterocycles. The molecule has 0 unspecified atom stereocenters. The highest BCUT2D eigenvalue weighted by molar-refractivity contribution is 7.90. The Labute approximate surface area is 188 Å². The number of hydrogen-bond acceptors (Lipinski definition) is 6. The van der Waals surface area contributed by atoms with E-state index in [1.165, 1.54) is 23.8 Å². The lowest BCUT2D eigenvalue weighted by Crippen LogP contribution is -2.35. The molecular weight excluding hydrogens is 427 g/mol. The SMILES string of the molecule is Cc1cc(S(=O)(=O)Cc2cccc(F)n2)ncc1N(C)[C@H]1CCN(Cc2ccccc2)C1. The van der Waals surface area contributed by atoms with Gasteiger partial charge in [-0.25, -0.2) is 18.4 Å². The number of likely N-dealkylation sites (N-methyl/N-ethyl adjacent to an activating group) is 1. The van der Waals surface area contributed by atoms with Crippen LogP contribution < -0.4 is 4.90 Å². The van der Waals surface area contributed by atoms with E-state index < -0.39 is 15.8 Å². The normalized spacial score (nSPS) is 16.9. The number of anilines is 1.